The van der Waals surface area contributed by atoms with Gasteiger partial charge in [0.1, 0.15) is 0 Å². The number of hydrogen-bond donors (Lipinski definition) is 3. The fourth-order valence-corrected chi connectivity index (χ4v) is 3.13. The second-order valence-electron chi connectivity index (χ2n) is 6.44. The summed E-state index contributed by atoms with van der Waals surface area (Å²) in [6.45, 7) is 6.29. The molecule has 0 atom stereocenters. The van der Waals surface area contributed by atoms with Crippen LogP contribution in [0.2, 0.25) is 0 Å². The van der Waals surface area contributed by atoms with E-state index < -0.39 is 0 Å². The van der Waals surface area contributed by atoms with Gasteiger partial charge >= 0.3 is 0 Å². The van der Waals surface area contributed by atoms with E-state index in [2.05, 4.69) is 59.1 Å². The first kappa shape index (κ1) is 24.0. The third kappa shape index (κ3) is 6.54. The summed E-state index contributed by atoms with van der Waals surface area (Å²) >= 11 is 0. The first-order chi connectivity index (χ1) is 13.1. The number of rotatable bonds is 9. The lowest BCUT2D eigenvalue weighted by Crippen LogP contribution is -2.47. The van der Waals surface area contributed by atoms with E-state index in [9.17, 15) is 4.79 Å². The molecule has 1 aromatic carbocycles. The first-order valence-corrected chi connectivity index (χ1v) is 9.47. The summed E-state index contributed by atoms with van der Waals surface area (Å²) in [7, 11) is 1.75. The maximum atomic E-state index is 11.8. The van der Waals surface area contributed by atoms with Crippen LogP contribution < -0.4 is 16.0 Å². The molecule has 3 N–H and O–H groups in total. The zero-order valence-corrected chi connectivity index (χ0v) is 19.2. The van der Waals surface area contributed by atoms with Crippen LogP contribution in [0.1, 0.15) is 42.8 Å². The van der Waals surface area contributed by atoms with Crippen molar-refractivity contribution in [1.29, 1.82) is 0 Å². The van der Waals surface area contributed by atoms with Crippen molar-refractivity contribution in [3.63, 3.8) is 0 Å². The smallest absolute Gasteiger partial charge is 0.287 e. The second-order valence-corrected chi connectivity index (χ2v) is 6.44. The number of guanidine groups is 1. The Bertz CT molecular complexity index is 713. The number of nitrogens with one attached hydrogen (secondary N) is 3. The van der Waals surface area contributed by atoms with Crippen LogP contribution in [0.3, 0.4) is 0 Å². The molecule has 7 heteroatoms. The fourth-order valence-electron chi connectivity index (χ4n) is 3.13. The van der Waals surface area contributed by atoms with Crippen LogP contribution >= 0.6 is 24.0 Å². The third-order valence-corrected chi connectivity index (χ3v) is 5.01. The number of nitrogens with zero attached hydrogens (tertiary/aromatic N) is 1. The van der Waals surface area contributed by atoms with E-state index in [1.54, 1.807) is 19.2 Å². The highest BCUT2D eigenvalue weighted by molar-refractivity contribution is 14.0. The molecule has 0 unspecified atom stereocenters. The molecule has 1 heterocycles. The molecule has 0 fully saturated rings. The van der Waals surface area contributed by atoms with E-state index in [-0.39, 0.29) is 35.3 Å². The number of furan rings is 1. The molecule has 0 aliphatic heterocycles. The summed E-state index contributed by atoms with van der Waals surface area (Å²) in [4.78, 5) is 16.1. The summed E-state index contributed by atoms with van der Waals surface area (Å²) in [5.74, 6) is 0.824. The molecule has 154 valence electrons. The van der Waals surface area contributed by atoms with Gasteiger partial charge in [-0.2, -0.15) is 0 Å². The fraction of sp³-hybridized carbons (Fsp3) is 0.429. The highest BCUT2D eigenvalue weighted by Gasteiger charge is 2.28. The Labute approximate surface area is 184 Å². The normalized spacial score (nSPS) is 11.5. The van der Waals surface area contributed by atoms with Gasteiger partial charge in [0.25, 0.3) is 5.91 Å². The van der Waals surface area contributed by atoms with Crippen molar-refractivity contribution >= 4 is 35.8 Å². The van der Waals surface area contributed by atoms with Crippen molar-refractivity contribution in [2.75, 3.05) is 26.7 Å². The van der Waals surface area contributed by atoms with E-state index in [1.165, 1.54) is 11.8 Å². The predicted octanol–water partition coefficient (Wildman–Crippen LogP) is 3.55. The van der Waals surface area contributed by atoms with Gasteiger partial charge < -0.3 is 20.4 Å². The number of hydrogen-bond acceptors (Lipinski definition) is 3. The molecule has 1 aromatic heterocycles. The molecule has 0 saturated carbocycles. The summed E-state index contributed by atoms with van der Waals surface area (Å²) in [5, 5.41) is 9.48. The predicted molar refractivity (Wildman–Crippen MR) is 125 cm³/mol. The zero-order chi connectivity index (χ0) is 19.5. The Hall–Kier alpha value is -2.03. The van der Waals surface area contributed by atoms with Crippen molar-refractivity contribution in [2.45, 2.75) is 32.1 Å². The molecule has 1 amide bonds. The quantitative estimate of drug-likeness (QED) is 0.214. The van der Waals surface area contributed by atoms with Gasteiger partial charge in [-0.25, -0.2) is 0 Å². The lowest BCUT2D eigenvalue weighted by Gasteiger charge is -2.33. The Kier molecular flexibility index (Phi) is 10.7. The van der Waals surface area contributed by atoms with Crippen LogP contribution in [-0.4, -0.2) is 38.5 Å². The van der Waals surface area contributed by atoms with Gasteiger partial charge in [0.2, 0.25) is 0 Å². The lowest BCUT2D eigenvalue weighted by atomic mass is 9.76. The van der Waals surface area contributed by atoms with Crippen LogP contribution in [0.15, 0.2) is 58.1 Å². The molecule has 0 radical (unpaired) electrons. The minimum absolute atomic E-state index is 0. The van der Waals surface area contributed by atoms with E-state index in [0.717, 1.165) is 25.3 Å². The van der Waals surface area contributed by atoms with Gasteiger partial charge in [-0.3, -0.25) is 9.79 Å². The Balaban J connectivity index is 0.00000392. The standard InChI is InChI=1S/C21H30N4O2.HI/c1-4-21(5-2,17-10-7-6-8-11-17)16-25-20(22-3)24-14-13-23-19(26)18-12-9-15-27-18;/h6-12,15H,4-5,13-14,16H2,1-3H3,(H,23,26)(H2,22,24,25);1H. The Morgan fingerprint density at radius 3 is 2.25 bits per heavy atom. The van der Waals surface area contributed by atoms with Crippen LogP contribution in [0.5, 0.6) is 0 Å². The van der Waals surface area contributed by atoms with Gasteiger partial charge in [0, 0.05) is 32.1 Å². The Morgan fingerprint density at radius 1 is 1.00 bits per heavy atom. The molecule has 2 rings (SSSR count). The van der Waals surface area contributed by atoms with Crippen LogP contribution in [-0.2, 0) is 5.41 Å². The molecule has 0 spiro atoms. The average molecular weight is 498 g/mol. The summed E-state index contributed by atoms with van der Waals surface area (Å²) < 4.78 is 5.07. The van der Waals surface area contributed by atoms with Gasteiger partial charge in [-0.15, -0.1) is 24.0 Å². The number of benzene rings is 1. The van der Waals surface area contributed by atoms with Gasteiger partial charge in [0.15, 0.2) is 11.7 Å². The number of aliphatic imine (C=N–C) groups is 1. The maximum absolute atomic E-state index is 11.8. The van der Waals surface area contributed by atoms with E-state index in [1.807, 2.05) is 6.07 Å². The molecule has 28 heavy (non-hydrogen) atoms. The number of amides is 1. The van der Waals surface area contributed by atoms with E-state index in [0.29, 0.717) is 18.8 Å². The molecular weight excluding hydrogens is 467 g/mol. The molecule has 0 aliphatic carbocycles. The highest BCUT2D eigenvalue weighted by atomic mass is 127. The second kappa shape index (κ2) is 12.4. The zero-order valence-electron chi connectivity index (χ0n) is 16.8. The molecule has 0 bridgehead atoms. The van der Waals surface area contributed by atoms with Crippen molar-refractivity contribution in [3.05, 3.63) is 60.1 Å². The summed E-state index contributed by atoms with van der Waals surface area (Å²) in [6.07, 6.45) is 3.56. The van der Waals surface area contributed by atoms with Gasteiger partial charge in [-0.1, -0.05) is 44.2 Å². The minimum Gasteiger partial charge on any atom is -0.459 e. The van der Waals surface area contributed by atoms with Gasteiger partial charge in [-0.05, 0) is 30.5 Å². The molecule has 0 aliphatic rings. The maximum Gasteiger partial charge on any atom is 0.287 e. The van der Waals surface area contributed by atoms with Gasteiger partial charge in [0.05, 0.1) is 6.26 Å². The molecular formula is C21H31IN4O2. The van der Waals surface area contributed by atoms with Crippen LogP contribution in [0, 0.1) is 0 Å². The van der Waals surface area contributed by atoms with Crippen LogP contribution in [0.4, 0.5) is 0 Å². The van der Waals surface area contributed by atoms with E-state index >= 15 is 0 Å². The summed E-state index contributed by atoms with van der Waals surface area (Å²) in [5.41, 5.74) is 1.40. The molecule has 6 nitrogen and oxygen atoms in total. The minimum atomic E-state index is -0.218. The van der Waals surface area contributed by atoms with Crippen molar-refractivity contribution < 1.29 is 9.21 Å². The molecule has 2 aromatic rings. The topological polar surface area (TPSA) is 78.7 Å². The number of carbonyl (C=O) groups excluding carboxylic acids is 1. The highest BCUT2D eigenvalue weighted by Crippen LogP contribution is 2.30. The largest absolute Gasteiger partial charge is 0.459 e. The van der Waals surface area contributed by atoms with Crippen molar-refractivity contribution in [2.24, 2.45) is 4.99 Å². The monoisotopic (exact) mass is 498 g/mol. The van der Waals surface area contributed by atoms with E-state index in [4.69, 9.17) is 4.42 Å². The van der Waals surface area contributed by atoms with Crippen LogP contribution in [0.25, 0.3) is 0 Å². The third-order valence-electron chi connectivity index (χ3n) is 5.01. The number of carbonyl (C=O) groups is 1. The Morgan fingerprint density at radius 2 is 1.68 bits per heavy atom. The first-order valence-electron chi connectivity index (χ1n) is 9.47. The van der Waals surface area contributed by atoms with Crippen molar-refractivity contribution in [3.8, 4) is 0 Å². The average Bonchev–Trinajstić information content (AvgIpc) is 3.26. The van der Waals surface area contributed by atoms with Crippen molar-refractivity contribution in [1.82, 2.24) is 16.0 Å². The lowest BCUT2D eigenvalue weighted by molar-refractivity contribution is 0.0926. The summed E-state index contributed by atoms with van der Waals surface area (Å²) in [6, 6.07) is 13.9. The SMILES string of the molecule is CCC(CC)(CNC(=NC)NCCNC(=O)c1ccco1)c1ccccc1.I. The molecule has 0 saturated heterocycles. The number of halogens is 1.